The van der Waals surface area contributed by atoms with E-state index in [9.17, 15) is 4.79 Å². The molecule has 0 aromatic carbocycles. The highest BCUT2D eigenvalue weighted by molar-refractivity contribution is 7.11. The van der Waals surface area contributed by atoms with Crippen molar-refractivity contribution < 1.29 is 9.53 Å². The van der Waals surface area contributed by atoms with Crippen molar-refractivity contribution in [2.45, 2.75) is 45.9 Å². The van der Waals surface area contributed by atoms with Crippen LogP contribution in [0.3, 0.4) is 0 Å². The van der Waals surface area contributed by atoms with Crippen LogP contribution in [0.4, 0.5) is 0 Å². The molecule has 1 N–H and O–H groups in total. The molecule has 1 aliphatic heterocycles. The number of thiazole rings is 1. The molecule has 0 saturated carbocycles. The molecule has 0 aliphatic carbocycles. The summed E-state index contributed by atoms with van der Waals surface area (Å²) in [6, 6.07) is 0.306. The summed E-state index contributed by atoms with van der Waals surface area (Å²) in [4.78, 5) is 19.2. The zero-order chi connectivity index (χ0) is 14.7. The number of nitrogens with one attached hydrogen (secondary N) is 1. The van der Waals surface area contributed by atoms with E-state index in [2.05, 4.69) is 36.0 Å². The summed E-state index contributed by atoms with van der Waals surface area (Å²) in [6.45, 7) is 10.7. The lowest BCUT2D eigenvalue weighted by molar-refractivity contribution is -0.0778. The molecule has 3 atom stereocenters. The Morgan fingerprint density at radius 1 is 1.55 bits per heavy atom. The van der Waals surface area contributed by atoms with Gasteiger partial charge in [-0.15, -0.1) is 11.3 Å². The quantitative estimate of drug-likeness (QED) is 0.918. The van der Waals surface area contributed by atoms with Crippen LogP contribution in [0.2, 0.25) is 0 Å². The molecule has 20 heavy (non-hydrogen) atoms. The van der Waals surface area contributed by atoms with E-state index in [0.717, 1.165) is 18.8 Å². The van der Waals surface area contributed by atoms with E-state index in [0.29, 0.717) is 17.5 Å². The van der Waals surface area contributed by atoms with Crippen LogP contribution in [-0.4, -0.2) is 53.7 Å². The lowest BCUT2D eigenvalue weighted by Gasteiger charge is -2.38. The molecule has 1 amide bonds. The van der Waals surface area contributed by atoms with E-state index in [-0.39, 0.29) is 18.1 Å². The minimum absolute atomic E-state index is 0.0220. The predicted octanol–water partition coefficient (Wildman–Crippen LogP) is 1.68. The van der Waals surface area contributed by atoms with E-state index in [1.54, 1.807) is 5.51 Å². The van der Waals surface area contributed by atoms with Gasteiger partial charge in [-0.05, 0) is 27.7 Å². The maximum Gasteiger partial charge on any atom is 0.263 e. The Kier molecular flexibility index (Phi) is 5.12. The largest absolute Gasteiger partial charge is 0.373 e. The molecule has 6 heteroatoms. The predicted molar refractivity (Wildman–Crippen MR) is 80.2 cm³/mol. The molecule has 0 bridgehead atoms. The number of aryl methyl sites for hydroxylation is 1. The second-order valence-electron chi connectivity index (χ2n) is 5.54. The molecular weight excluding hydrogens is 274 g/mol. The van der Waals surface area contributed by atoms with Crippen molar-refractivity contribution in [3.8, 4) is 0 Å². The number of morpholine rings is 1. The Morgan fingerprint density at radius 3 is 2.75 bits per heavy atom. The second-order valence-corrected chi connectivity index (χ2v) is 6.39. The first-order chi connectivity index (χ1) is 9.47. The monoisotopic (exact) mass is 297 g/mol. The van der Waals surface area contributed by atoms with Crippen molar-refractivity contribution in [3.63, 3.8) is 0 Å². The third-order valence-electron chi connectivity index (χ3n) is 3.58. The molecular formula is C14H23N3O2S. The summed E-state index contributed by atoms with van der Waals surface area (Å²) in [5, 5.41) is 3.00. The summed E-state index contributed by atoms with van der Waals surface area (Å²) in [5.41, 5.74) is 2.51. The van der Waals surface area contributed by atoms with E-state index in [1.807, 2.05) is 6.92 Å². The van der Waals surface area contributed by atoms with Crippen molar-refractivity contribution in [1.82, 2.24) is 15.2 Å². The third kappa shape index (κ3) is 3.77. The molecule has 1 aliphatic rings. The van der Waals surface area contributed by atoms with Crippen molar-refractivity contribution in [1.29, 1.82) is 0 Å². The van der Waals surface area contributed by atoms with Crippen molar-refractivity contribution in [2.75, 3.05) is 19.6 Å². The molecule has 0 radical (unpaired) electrons. The normalized spacial score (nSPS) is 25.4. The van der Waals surface area contributed by atoms with Crippen LogP contribution in [0, 0.1) is 6.92 Å². The first-order valence-corrected chi connectivity index (χ1v) is 7.93. The molecule has 2 heterocycles. The minimum Gasteiger partial charge on any atom is -0.373 e. The van der Waals surface area contributed by atoms with Gasteiger partial charge in [-0.3, -0.25) is 9.69 Å². The van der Waals surface area contributed by atoms with Gasteiger partial charge in [0.15, 0.2) is 0 Å². The van der Waals surface area contributed by atoms with Crippen LogP contribution in [0.15, 0.2) is 5.51 Å². The van der Waals surface area contributed by atoms with Crippen LogP contribution in [0.25, 0.3) is 0 Å². The van der Waals surface area contributed by atoms with Gasteiger partial charge in [-0.2, -0.15) is 0 Å². The molecule has 2 rings (SSSR count). The molecule has 0 spiro atoms. The van der Waals surface area contributed by atoms with Crippen molar-refractivity contribution in [2.24, 2.45) is 0 Å². The standard InChI is InChI=1S/C14H23N3O2S/c1-9(17-6-10(2)19-11(3)7-17)5-15-14(18)13-12(4)16-8-20-13/h8-11H,5-7H2,1-4H3,(H,15,18)/t9-,10-,11+/m1/s1. The summed E-state index contributed by atoms with van der Waals surface area (Å²) in [5.74, 6) is -0.0220. The van der Waals surface area contributed by atoms with Crippen LogP contribution in [-0.2, 0) is 4.74 Å². The third-order valence-corrected chi connectivity index (χ3v) is 4.51. The van der Waals surface area contributed by atoms with E-state index >= 15 is 0 Å². The van der Waals surface area contributed by atoms with Crippen LogP contribution in [0.1, 0.15) is 36.1 Å². The lowest BCUT2D eigenvalue weighted by Crippen LogP contribution is -2.52. The van der Waals surface area contributed by atoms with Gasteiger partial charge in [0.25, 0.3) is 5.91 Å². The number of nitrogens with zero attached hydrogens (tertiary/aromatic N) is 2. The fourth-order valence-electron chi connectivity index (χ4n) is 2.55. The summed E-state index contributed by atoms with van der Waals surface area (Å²) >= 11 is 1.39. The SMILES string of the molecule is Cc1ncsc1C(=O)NC[C@@H](C)N1C[C@@H](C)O[C@@H](C)C1. The summed E-state index contributed by atoms with van der Waals surface area (Å²) in [6.07, 6.45) is 0.501. The van der Waals surface area contributed by atoms with Gasteiger partial charge in [-0.25, -0.2) is 4.98 Å². The average Bonchev–Trinajstić information content (AvgIpc) is 2.80. The smallest absolute Gasteiger partial charge is 0.263 e. The number of ether oxygens (including phenoxy) is 1. The highest BCUT2D eigenvalue weighted by Crippen LogP contribution is 2.14. The first-order valence-electron chi connectivity index (χ1n) is 7.05. The Balaban J connectivity index is 1.84. The van der Waals surface area contributed by atoms with E-state index < -0.39 is 0 Å². The molecule has 1 saturated heterocycles. The fraction of sp³-hybridized carbons (Fsp3) is 0.714. The second kappa shape index (κ2) is 6.65. The zero-order valence-electron chi connectivity index (χ0n) is 12.5. The van der Waals surface area contributed by atoms with Crippen LogP contribution >= 0.6 is 11.3 Å². The number of hydrogen-bond acceptors (Lipinski definition) is 5. The molecule has 1 aromatic heterocycles. The summed E-state index contributed by atoms with van der Waals surface area (Å²) in [7, 11) is 0. The topological polar surface area (TPSA) is 54.5 Å². The van der Waals surface area contributed by atoms with Gasteiger partial charge in [0.05, 0.1) is 23.4 Å². The molecule has 5 nitrogen and oxygen atoms in total. The van der Waals surface area contributed by atoms with Crippen LogP contribution in [0.5, 0.6) is 0 Å². The zero-order valence-corrected chi connectivity index (χ0v) is 13.4. The van der Waals surface area contributed by atoms with E-state index in [1.165, 1.54) is 11.3 Å². The number of amides is 1. The lowest BCUT2D eigenvalue weighted by atomic mass is 10.1. The Hall–Kier alpha value is -0.980. The minimum atomic E-state index is -0.0220. The number of aromatic nitrogens is 1. The van der Waals surface area contributed by atoms with Gasteiger partial charge >= 0.3 is 0 Å². The van der Waals surface area contributed by atoms with Gasteiger partial charge in [0.2, 0.25) is 0 Å². The van der Waals surface area contributed by atoms with Crippen molar-refractivity contribution in [3.05, 3.63) is 16.1 Å². The average molecular weight is 297 g/mol. The molecule has 112 valence electrons. The number of carbonyl (C=O) groups excluding carboxylic acids is 1. The highest BCUT2D eigenvalue weighted by atomic mass is 32.1. The first kappa shape index (κ1) is 15.4. The van der Waals surface area contributed by atoms with Gasteiger partial charge in [0, 0.05) is 25.7 Å². The number of rotatable bonds is 4. The Morgan fingerprint density at radius 2 is 2.20 bits per heavy atom. The van der Waals surface area contributed by atoms with E-state index in [4.69, 9.17) is 4.74 Å². The fourth-order valence-corrected chi connectivity index (χ4v) is 3.27. The van der Waals surface area contributed by atoms with Crippen LogP contribution < -0.4 is 5.32 Å². The van der Waals surface area contributed by atoms with Gasteiger partial charge < -0.3 is 10.1 Å². The molecule has 0 unspecified atom stereocenters. The Bertz CT molecular complexity index is 453. The van der Waals surface area contributed by atoms with Gasteiger partial charge in [0.1, 0.15) is 4.88 Å². The molecule has 1 aromatic rings. The molecule has 1 fully saturated rings. The summed E-state index contributed by atoms with van der Waals surface area (Å²) < 4.78 is 5.73. The number of carbonyl (C=O) groups is 1. The maximum atomic E-state index is 12.1. The highest BCUT2D eigenvalue weighted by Gasteiger charge is 2.26. The van der Waals surface area contributed by atoms with Crippen molar-refractivity contribution >= 4 is 17.2 Å². The Labute approximate surface area is 124 Å². The van der Waals surface area contributed by atoms with Gasteiger partial charge in [-0.1, -0.05) is 0 Å². The maximum absolute atomic E-state index is 12.1. The number of hydrogen-bond donors (Lipinski definition) is 1.